The maximum absolute atomic E-state index is 11.9. The second-order valence-electron chi connectivity index (χ2n) is 5.07. The van der Waals surface area contributed by atoms with Crippen LogP contribution < -0.4 is 10.5 Å². The van der Waals surface area contributed by atoms with Gasteiger partial charge in [0.05, 0.1) is 0 Å². The fraction of sp³-hybridized carbons (Fsp3) is 0.615. The van der Waals surface area contributed by atoms with E-state index in [-0.39, 0.29) is 5.56 Å². The summed E-state index contributed by atoms with van der Waals surface area (Å²) in [6.07, 6.45) is 4.83. The average Bonchev–Trinajstić information content (AvgIpc) is 2.82. The monoisotopic (exact) mass is 278 g/mol. The van der Waals surface area contributed by atoms with E-state index >= 15 is 0 Å². The SMILES string of the molecule is CC[C@H]1CCCCN1c1nn2c(=O)cc(C)nc2s1. The molecule has 3 rings (SSSR count). The number of hydrogen-bond donors (Lipinski definition) is 0. The van der Waals surface area contributed by atoms with Gasteiger partial charge in [-0.2, -0.15) is 4.52 Å². The summed E-state index contributed by atoms with van der Waals surface area (Å²) in [6.45, 7) is 5.09. The Morgan fingerprint density at radius 1 is 1.47 bits per heavy atom. The van der Waals surface area contributed by atoms with Gasteiger partial charge in [0.1, 0.15) is 0 Å². The van der Waals surface area contributed by atoms with Crippen molar-refractivity contribution in [3.63, 3.8) is 0 Å². The van der Waals surface area contributed by atoms with E-state index in [2.05, 4.69) is 21.9 Å². The van der Waals surface area contributed by atoms with Gasteiger partial charge < -0.3 is 4.90 Å². The highest BCUT2D eigenvalue weighted by Gasteiger charge is 2.24. The zero-order valence-corrected chi connectivity index (χ0v) is 12.1. The predicted molar refractivity (Wildman–Crippen MR) is 77.1 cm³/mol. The van der Waals surface area contributed by atoms with Crippen LogP contribution in [-0.2, 0) is 0 Å². The minimum atomic E-state index is -0.0879. The van der Waals surface area contributed by atoms with Crippen molar-refractivity contribution in [1.82, 2.24) is 14.6 Å². The van der Waals surface area contributed by atoms with E-state index in [9.17, 15) is 4.79 Å². The Hall–Kier alpha value is -1.43. The highest BCUT2D eigenvalue weighted by molar-refractivity contribution is 7.20. The van der Waals surface area contributed by atoms with Crippen molar-refractivity contribution in [2.45, 2.75) is 45.6 Å². The van der Waals surface area contributed by atoms with Crippen LogP contribution in [0.15, 0.2) is 10.9 Å². The number of aryl methyl sites for hydroxylation is 1. The molecule has 2 aromatic heterocycles. The number of fused-ring (bicyclic) bond motifs is 1. The van der Waals surface area contributed by atoms with Gasteiger partial charge >= 0.3 is 0 Å². The van der Waals surface area contributed by atoms with Gasteiger partial charge in [-0.3, -0.25) is 4.79 Å². The lowest BCUT2D eigenvalue weighted by Crippen LogP contribution is -2.39. The average molecular weight is 278 g/mol. The number of rotatable bonds is 2. The van der Waals surface area contributed by atoms with Crippen molar-refractivity contribution in [3.05, 3.63) is 22.1 Å². The van der Waals surface area contributed by atoms with Crippen molar-refractivity contribution >= 4 is 21.4 Å². The molecule has 0 bridgehead atoms. The second kappa shape index (κ2) is 4.92. The van der Waals surface area contributed by atoms with Gasteiger partial charge in [-0.1, -0.05) is 18.3 Å². The third-order valence-electron chi connectivity index (χ3n) is 3.71. The number of hydrogen-bond acceptors (Lipinski definition) is 5. The summed E-state index contributed by atoms with van der Waals surface area (Å²) in [6, 6.07) is 2.08. The van der Waals surface area contributed by atoms with Crippen LogP contribution in [0.3, 0.4) is 0 Å². The number of anilines is 1. The van der Waals surface area contributed by atoms with Crippen LogP contribution in [0.5, 0.6) is 0 Å². The lowest BCUT2D eigenvalue weighted by molar-refractivity contribution is 0.448. The van der Waals surface area contributed by atoms with Crippen LogP contribution in [0.1, 0.15) is 38.3 Å². The summed E-state index contributed by atoms with van der Waals surface area (Å²) < 4.78 is 1.42. The third kappa shape index (κ3) is 2.25. The Morgan fingerprint density at radius 2 is 2.32 bits per heavy atom. The number of nitrogens with zero attached hydrogens (tertiary/aromatic N) is 4. The zero-order valence-electron chi connectivity index (χ0n) is 11.3. The summed E-state index contributed by atoms with van der Waals surface area (Å²) in [4.78, 5) is 19.3. The topological polar surface area (TPSA) is 50.5 Å². The van der Waals surface area contributed by atoms with Crippen LogP contribution in [-0.4, -0.2) is 27.2 Å². The van der Waals surface area contributed by atoms with Crippen molar-refractivity contribution in [2.24, 2.45) is 0 Å². The van der Waals surface area contributed by atoms with E-state index in [0.717, 1.165) is 23.8 Å². The molecule has 2 aromatic rings. The fourth-order valence-electron chi connectivity index (χ4n) is 2.70. The molecule has 102 valence electrons. The van der Waals surface area contributed by atoms with Gasteiger partial charge in [0, 0.05) is 24.3 Å². The van der Waals surface area contributed by atoms with Crippen LogP contribution in [0.25, 0.3) is 4.96 Å². The zero-order chi connectivity index (χ0) is 13.4. The summed E-state index contributed by atoms with van der Waals surface area (Å²) in [5.74, 6) is 0. The summed E-state index contributed by atoms with van der Waals surface area (Å²) in [7, 11) is 0. The van der Waals surface area contributed by atoms with Crippen molar-refractivity contribution in [2.75, 3.05) is 11.4 Å². The van der Waals surface area contributed by atoms with Gasteiger partial charge in [0.15, 0.2) is 0 Å². The van der Waals surface area contributed by atoms with E-state index in [1.54, 1.807) is 0 Å². The van der Waals surface area contributed by atoms with E-state index in [0.29, 0.717) is 11.0 Å². The maximum atomic E-state index is 11.9. The molecule has 0 N–H and O–H groups in total. The molecule has 0 unspecified atom stereocenters. The fourth-order valence-corrected chi connectivity index (χ4v) is 3.75. The predicted octanol–water partition coefficient (Wildman–Crippen LogP) is 2.23. The highest BCUT2D eigenvalue weighted by Crippen LogP contribution is 2.29. The summed E-state index contributed by atoms with van der Waals surface area (Å²) in [5, 5.41) is 5.39. The molecule has 3 heterocycles. The van der Waals surface area contributed by atoms with Gasteiger partial charge in [-0.25, -0.2) is 4.98 Å². The molecule has 0 aromatic carbocycles. The first kappa shape index (κ1) is 12.6. The molecule has 6 heteroatoms. The van der Waals surface area contributed by atoms with Crippen LogP contribution >= 0.6 is 11.3 Å². The van der Waals surface area contributed by atoms with Crippen molar-refractivity contribution < 1.29 is 0 Å². The van der Waals surface area contributed by atoms with Crippen LogP contribution in [0, 0.1) is 6.92 Å². The molecule has 1 atom stereocenters. The minimum absolute atomic E-state index is 0.0879. The third-order valence-corrected chi connectivity index (χ3v) is 4.65. The molecule has 0 spiro atoms. The molecular formula is C13H18N4OS. The molecule has 1 fully saturated rings. The van der Waals surface area contributed by atoms with Crippen molar-refractivity contribution in [3.8, 4) is 0 Å². The smallest absolute Gasteiger partial charge is 0.275 e. The first-order valence-corrected chi connectivity index (χ1v) is 7.65. The second-order valence-corrected chi connectivity index (χ2v) is 6.00. The molecule has 0 radical (unpaired) electrons. The largest absolute Gasteiger partial charge is 0.344 e. The molecule has 19 heavy (non-hydrogen) atoms. The van der Waals surface area contributed by atoms with Gasteiger partial charge in [-0.15, -0.1) is 5.10 Å². The summed E-state index contributed by atoms with van der Waals surface area (Å²) >= 11 is 1.52. The molecule has 1 aliphatic rings. The van der Waals surface area contributed by atoms with Gasteiger partial charge in [0.25, 0.3) is 5.56 Å². The molecule has 0 amide bonds. The first-order valence-electron chi connectivity index (χ1n) is 6.83. The van der Waals surface area contributed by atoms with Crippen LogP contribution in [0.2, 0.25) is 0 Å². The highest BCUT2D eigenvalue weighted by atomic mass is 32.1. The lowest BCUT2D eigenvalue weighted by atomic mass is 10.0. The lowest BCUT2D eigenvalue weighted by Gasteiger charge is -2.34. The molecule has 5 nitrogen and oxygen atoms in total. The Morgan fingerprint density at radius 3 is 3.11 bits per heavy atom. The van der Waals surface area contributed by atoms with E-state index in [1.807, 2.05) is 6.92 Å². The Bertz CT molecular complexity index is 648. The first-order chi connectivity index (χ1) is 9.19. The van der Waals surface area contributed by atoms with E-state index in [1.165, 1.54) is 41.2 Å². The molecule has 0 saturated carbocycles. The minimum Gasteiger partial charge on any atom is -0.344 e. The molecule has 0 aliphatic carbocycles. The van der Waals surface area contributed by atoms with E-state index < -0.39 is 0 Å². The number of piperidine rings is 1. The normalized spacial score (nSPS) is 20.1. The Labute approximate surface area is 115 Å². The molecule has 1 saturated heterocycles. The quantitative estimate of drug-likeness (QED) is 0.845. The molecule has 1 aliphatic heterocycles. The maximum Gasteiger partial charge on any atom is 0.275 e. The van der Waals surface area contributed by atoms with Crippen molar-refractivity contribution in [1.29, 1.82) is 0 Å². The Balaban J connectivity index is 2.05. The Kier molecular flexibility index (Phi) is 3.26. The van der Waals surface area contributed by atoms with E-state index in [4.69, 9.17) is 0 Å². The summed E-state index contributed by atoms with van der Waals surface area (Å²) in [5.41, 5.74) is 0.668. The molecular weight excluding hydrogens is 260 g/mol. The van der Waals surface area contributed by atoms with Gasteiger partial charge in [0.2, 0.25) is 10.1 Å². The van der Waals surface area contributed by atoms with Gasteiger partial charge in [-0.05, 0) is 32.6 Å². The van der Waals surface area contributed by atoms with Crippen LogP contribution in [0.4, 0.5) is 5.13 Å². The number of aromatic nitrogens is 3. The standard InChI is InChI=1S/C13H18N4OS/c1-3-10-6-4-5-7-16(10)13-15-17-11(18)8-9(2)14-12(17)19-13/h8,10H,3-7H2,1-2H3/t10-/m0/s1.